The molecule has 0 bridgehead atoms. The molecule has 1 saturated heterocycles. The van der Waals surface area contributed by atoms with Crippen LogP contribution in [0.5, 0.6) is 0 Å². The number of rotatable bonds is 7. The lowest BCUT2D eigenvalue weighted by atomic mass is 10.2. The average molecular weight is 409 g/mol. The third kappa shape index (κ3) is 5.44. The lowest BCUT2D eigenvalue weighted by molar-refractivity contribution is -0.148. The molecule has 30 heavy (non-hydrogen) atoms. The van der Waals surface area contributed by atoms with Crippen molar-refractivity contribution in [3.63, 3.8) is 0 Å². The van der Waals surface area contributed by atoms with Gasteiger partial charge in [0.1, 0.15) is 6.04 Å². The molecule has 1 heterocycles. The van der Waals surface area contributed by atoms with E-state index >= 15 is 0 Å². The summed E-state index contributed by atoms with van der Waals surface area (Å²) in [6.45, 7) is 1.70. The van der Waals surface area contributed by atoms with Gasteiger partial charge in [-0.15, -0.1) is 0 Å². The van der Waals surface area contributed by atoms with Crippen LogP contribution in [0.4, 0.5) is 11.4 Å². The SMILES string of the molecule is C[C@H](NC(=O)c1ccccc1)C(=O)OCC(=O)Nc1ccc(N2CCCC2=O)cc1. The minimum Gasteiger partial charge on any atom is -0.454 e. The summed E-state index contributed by atoms with van der Waals surface area (Å²) in [4.78, 5) is 49.6. The van der Waals surface area contributed by atoms with Crippen LogP contribution >= 0.6 is 0 Å². The quantitative estimate of drug-likeness (QED) is 0.682. The maximum atomic E-state index is 12.1. The van der Waals surface area contributed by atoms with Crippen LogP contribution in [0.3, 0.4) is 0 Å². The summed E-state index contributed by atoms with van der Waals surface area (Å²) in [7, 11) is 0. The monoisotopic (exact) mass is 409 g/mol. The Morgan fingerprint density at radius 2 is 1.77 bits per heavy atom. The lowest BCUT2D eigenvalue weighted by Crippen LogP contribution is -2.40. The van der Waals surface area contributed by atoms with E-state index in [1.165, 1.54) is 6.92 Å². The van der Waals surface area contributed by atoms with Crippen molar-refractivity contribution in [1.29, 1.82) is 0 Å². The van der Waals surface area contributed by atoms with Crippen LogP contribution in [0.2, 0.25) is 0 Å². The van der Waals surface area contributed by atoms with Gasteiger partial charge < -0.3 is 20.3 Å². The molecule has 0 radical (unpaired) electrons. The van der Waals surface area contributed by atoms with Crippen molar-refractivity contribution in [2.75, 3.05) is 23.4 Å². The number of hydrogen-bond donors (Lipinski definition) is 2. The standard InChI is InChI=1S/C22H23N3O5/c1-15(23-21(28)16-6-3-2-4-7-16)22(29)30-14-19(26)24-17-9-11-18(12-10-17)25-13-5-8-20(25)27/h2-4,6-7,9-12,15H,5,8,13-14H2,1H3,(H,23,28)(H,24,26)/t15-/m0/s1. The first-order valence-corrected chi connectivity index (χ1v) is 9.67. The highest BCUT2D eigenvalue weighted by Gasteiger charge is 2.22. The smallest absolute Gasteiger partial charge is 0.328 e. The molecule has 8 heteroatoms. The Kier molecular flexibility index (Phi) is 6.79. The zero-order valence-electron chi connectivity index (χ0n) is 16.6. The van der Waals surface area contributed by atoms with E-state index in [1.807, 2.05) is 0 Å². The predicted octanol–water partition coefficient (Wildman–Crippen LogP) is 2.11. The average Bonchev–Trinajstić information content (AvgIpc) is 3.19. The number of amides is 3. The maximum Gasteiger partial charge on any atom is 0.328 e. The van der Waals surface area contributed by atoms with Crippen LogP contribution in [0.1, 0.15) is 30.1 Å². The van der Waals surface area contributed by atoms with E-state index < -0.39 is 30.4 Å². The number of carbonyl (C=O) groups excluding carboxylic acids is 4. The lowest BCUT2D eigenvalue weighted by Gasteiger charge is -2.16. The maximum absolute atomic E-state index is 12.1. The fraction of sp³-hybridized carbons (Fsp3) is 0.273. The second kappa shape index (κ2) is 9.69. The van der Waals surface area contributed by atoms with E-state index in [0.29, 0.717) is 24.2 Å². The van der Waals surface area contributed by atoms with Crippen molar-refractivity contribution < 1.29 is 23.9 Å². The zero-order chi connectivity index (χ0) is 21.5. The highest BCUT2D eigenvalue weighted by Crippen LogP contribution is 2.22. The van der Waals surface area contributed by atoms with Gasteiger partial charge in [0.05, 0.1) is 0 Å². The molecule has 2 aromatic carbocycles. The summed E-state index contributed by atoms with van der Waals surface area (Å²) in [5, 5.41) is 5.15. The molecule has 3 rings (SSSR count). The number of nitrogens with zero attached hydrogens (tertiary/aromatic N) is 1. The van der Waals surface area contributed by atoms with E-state index in [9.17, 15) is 19.2 Å². The molecule has 1 fully saturated rings. The summed E-state index contributed by atoms with van der Waals surface area (Å²) in [6.07, 6.45) is 1.39. The Balaban J connectivity index is 1.44. The summed E-state index contributed by atoms with van der Waals surface area (Å²) >= 11 is 0. The minimum atomic E-state index is -0.900. The molecule has 0 spiro atoms. The Morgan fingerprint density at radius 3 is 2.40 bits per heavy atom. The van der Waals surface area contributed by atoms with E-state index in [4.69, 9.17) is 4.74 Å². The van der Waals surface area contributed by atoms with E-state index in [1.54, 1.807) is 59.5 Å². The molecule has 2 aromatic rings. The van der Waals surface area contributed by atoms with E-state index in [-0.39, 0.29) is 5.91 Å². The van der Waals surface area contributed by atoms with Gasteiger partial charge in [-0.1, -0.05) is 18.2 Å². The fourth-order valence-corrected chi connectivity index (χ4v) is 3.03. The normalized spacial score (nSPS) is 14.2. The molecule has 156 valence electrons. The molecule has 1 aliphatic rings. The number of carbonyl (C=O) groups is 4. The summed E-state index contributed by atoms with van der Waals surface area (Å²) in [5.41, 5.74) is 1.73. The Bertz CT molecular complexity index is 928. The van der Waals surface area contributed by atoms with Gasteiger partial charge in [-0.2, -0.15) is 0 Å². The third-order valence-electron chi connectivity index (χ3n) is 4.62. The number of benzene rings is 2. The van der Waals surface area contributed by atoms with Crippen LogP contribution < -0.4 is 15.5 Å². The van der Waals surface area contributed by atoms with Crippen molar-refractivity contribution >= 4 is 35.1 Å². The molecule has 1 aliphatic heterocycles. The second-order valence-corrected chi connectivity index (χ2v) is 6.91. The van der Waals surface area contributed by atoms with Crippen molar-refractivity contribution in [2.24, 2.45) is 0 Å². The molecule has 1 atom stereocenters. The number of nitrogens with one attached hydrogen (secondary N) is 2. The second-order valence-electron chi connectivity index (χ2n) is 6.91. The Hall–Kier alpha value is -3.68. The van der Waals surface area contributed by atoms with Gasteiger partial charge in [-0.3, -0.25) is 14.4 Å². The molecule has 8 nitrogen and oxygen atoms in total. The van der Waals surface area contributed by atoms with Crippen molar-refractivity contribution in [3.05, 3.63) is 60.2 Å². The van der Waals surface area contributed by atoms with Gasteiger partial charge in [-0.05, 0) is 49.7 Å². The Morgan fingerprint density at radius 1 is 1.07 bits per heavy atom. The van der Waals surface area contributed by atoms with Gasteiger partial charge in [0.25, 0.3) is 11.8 Å². The summed E-state index contributed by atoms with van der Waals surface area (Å²) in [5.74, 6) is -1.53. The largest absolute Gasteiger partial charge is 0.454 e. The van der Waals surface area contributed by atoms with Gasteiger partial charge in [0, 0.05) is 29.9 Å². The minimum absolute atomic E-state index is 0.0900. The number of esters is 1. The summed E-state index contributed by atoms with van der Waals surface area (Å²) in [6, 6.07) is 14.5. The van der Waals surface area contributed by atoms with Gasteiger partial charge in [0.2, 0.25) is 5.91 Å². The highest BCUT2D eigenvalue weighted by molar-refractivity contribution is 5.98. The van der Waals surface area contributed by atoms with Crippen molar-refractivity contribution in [2.45, 2.75) is 25.8 Å². The van der Waals surface area contributed by atoms with Crippen LogP contribution in [-0.4, -0.2) is 42.9 Å². The zero-order valence-corrected chi connectivity index (χ0v) is 16.6. The molecule has 0 saturated carbocycles. The number of hydrogen-bond acceptors (Lipinski definition) is 5. The predicted molar refractivity (Wildman–Crippen MR) is 111 cm³/mol. The first-order valence-electron chi connectivity index (χ1n) is 9.67. The Labute approximate surface area is 174 Å². The fourth-order valence-electron chi connectivity index (χ4n) is 3.03. The van der Waals surface area contributed by atoms with Crippen LogP contribution in [-0.2, 0) is 19.1 Å². The molecule has 2 N–H and O–H groups in total. The molecular weight excluding hydrogens is 386 g/mol. The van der Waals surface area contributed by atoms with Crippen LogP contribution in [0, 0.1) is 0 Å². The van der Waals surface area contributed by atoms with E-state index in [0.717, 1.165) is 12.1 Å². The number of anilines is 2. The first kappa shape index (κ1) is 21.0. The number of ether oxygens (including phenoxy) is 1. The van der Waals surface area contributed by atoms with Crippen LogP contribution in [0.15, 0.2) is 54.6 Å². The molecule has 0 unspecified atom stereocenters. The van der Waals surface area contributed by atoms with E-state index in [2.05, 4.69) is 10.6 Å². The molecule has 0 aliphatic carbocycles. The van der Waals surface area contributed by atoms with Gasteiger partial charge in [0.15, 0.2) is 6.61 Å². The van der Waals surface area contributed by atoms with Crippen molar-refractivity contribution in [1.82, 2.24) is 5.32 Å². The topological polar surface area (TPSA) is 105 Å². The first-order chi connectivity index (χ1) is 14.4. The summed E-state index contributed by atoms with van der Waals surface area (Å²) < 4.78 is 4.98. The van der Waals surface area contributed by atoms with Crippen molar-refractivity contribution in [3.8, 4) is 0 Å². The molecule has 0 aromatic heterocycles. The third-order valence-corrected chi connectivity index (χ3v) is 4.62. The van der Waals surface area contributed by atoms with Gasteiger partial charge >= 0.3 is 5.97 Å². The molecular formula is C22H23N3O5. The molecule has 3 amide bonds. The van der Waals surface area contributed by atoms with Gasteiger partial charge in [-0.25, -0.2) is 4.79 Å². The highest BCUT2D eigenvalue weighted by atomic mass is 16.5. The van der Waals surface area contributed by atoms with Crippen LogP contribution in [0.25, 0.3) is 0 Å².